The van der Waals surface area contributed by atoms with Crippen LogP contribution in [0.15, 0.2) is 158 Å². The Hall–Kier alpha value is -5.38. The summed E-state index contributed by atoms with van der Waals surface area (Å²) >= 11 is 1.73. The maximum atomic E-state index is 5.25. The SMILES string of the molecule is c1ccc(-c2cccc(-c3ccc(-c4nc(-c5cccc(-c6ccccc6)c5)c5c(n4)sc4ccccc45)cc3)c2)cc1. The molecule has 0 aliphatic rings. The summed E-state index contributed by atoms with van der Waals surface area (Å²) in [5.74, 6) is 0.740. The fraction of sp³-hybridized carbons (Fsp3) is 0. The number of fused-ring (bicyclic) bond motifs is 3. The zero-order chi connectivity index (χ0) is 28.6. The zero-order valence-electron chi connectivity index (χ0n) is 23.3. The van der Waals surface area contributed by atoms with Crippen molar-refractivity contribution in [1.29, 1.82) is 0 Å². The second-order valence-corrected chi connectivity index (χ2v) is 11.7. The van der Waals surface area contributed by atoms with Gasteiger partial charge in [0.2, 0.25) is 0 Å². The van der Waals surface area contributed by atoms with Gasteiger partial charge in [0.15, 0.2) is 5.82 Å². The first-order valence-electron chi connectivity index (χ1n) is 14.4. The van der Waals surface area contributed by atoms with Crippen molar-refractivity contribution in [2.45, 2.75) is 0 Å². The molecule has 202 valence electrons. The van der Waals surface area contributed by atoms with E-state index in [0.29, 0.717) is 0 Å². The van der Waals surface area contributed by atoms with Gasteiger partial charge < -0.3 is 0 Å². The molecular weight excluding hydrogens is 541 g/mol. The minimum absolute atomic E-state index is 0.740. The fourth-order valence-electron chi connectivity index (χ4n) is 5.76. The van der Waals surface area contributed by atoms with Crippen molar-refractivity contribution in [2.75, 3.05) is 0 Å². The van der Waals surface area contributed by atoms with Crippen LogP contribution in [0.3, 0.4) is 0 Å². The van der Waals surface area contributed by atoms with Crippen molar-refractivity contribution in [1.82, 2.24) is 9.97 Å². The monoisotopic (exact) mass is 566 g/mol. The highest BCUT2D eigenvalue weighted by Gasteiger charge is 2.17. The number of hydrogen-bond donors (Lipinski definition) is 0. The normalized spacial score (nSPS) is 11.3. The van der Waals surface area contributed by atoms with E-state index in [-0.39, 0.29) is 0 Å². The summed E-state index contributed by atoms with van der Waals surface area (Å²) in [4.78, 5) is 11.4. The van der Waals surface area contributed by atoms with Crippen molar-refractivity contribution in [3.8, 4) is 56.0 Å². The van der Waals surface area contributed by atoms with Gasteiger partial charge in [-0.3, -0.25) is 0 Å². The first-order valence-corrected chi connectivity index (χ1v) is 15.2. The van der Waals surface area contributed by atoms with Crippen LogP contribution in [0.25, 0.3) is 76.3 Å². The van der Waals surface area contributed by atoms with Crippen LogP contribution >= 0.6 is 11.3 Å². The van der Waals surface area contributed by atoms with E-state index in [4.69, 9.17) is 9.97 Å². The first kappa shape index (κ1) is 25.3. The summed E-state index contributed by atoms with van der Waals surface area (Å²) in [6.07, 6.45) is 0. The highest BCUT2D eigenvalue weighted by Crippen LogP contribution is 2.40. The van der Waals surface area contributed by atoms with Crippen molar-refractivity contribution in [3.63, 3.8) is 0 Å². The lowest BCUT2D eigenvalue weighted by Crippen LogP contribution is -1.94. The second-order valence-electron chi connectivity index (χ2n) is 10.6. The minimum atomic E-state index is 0.740. The quantitative estimate of drug-likeness (QED) is 0.207. The molecule has 0 saturated carbocycles. The standard InChI is InChI=1S/C40H26N2S/c1-3-11-27(12-4-1)31-15-9-16-32(25-31)29-21-23-30(24-22-29)39-41-38(37-35-19-7-8-20-36(35)43-40(37)42-39)34-18-10-17-33(26-34)28-13-5-2-6-14-28/h1-26H. The predicted molar refractivity (Wildman–Crippen MR) is 182 cm³/mol. The first-order chi connectivity index (χ1) is 21.3. The molecule has 43 heavy (non-hydrogen) atoms. The average molecular weight is 567 g/mol. The molecule has 8 rings (SSSR count). The third-order valence-corrected chi connectivity index (χ3v) is 8.99. The number of nitrogens with zero attached hydrogens (tertiary/aromatic N) is 2. The lowest BCUT2D eigenvalue weighted by Gasteiger charge is -2.10. The molecule has 0 unspecified atom stereocenters. The Morgan fingerprint density at radius 1 is 0.372 bits per heavy atom. The Balaban J connectivity index is 1.24. The van der Waals surface area contributed by atoms with Gasteiger partial charge in [-0.05, 0) is 51.6 Å². The largest absolute Gasteiger partial charge is 0.227 e. The van der Waals surface area contributed by atoms with Crippen LogP contribution in [-0.4, -0.2) is 9.97 Å². The van der Waals surface area contributed by atoms with Crippen LogP contribution in [0.1, 0.15) is 0 Å². The Kier molecular flexibility index (Phi) is 6.36. The molecule has 0 aliphatic carbocycles. The van der Waals surface area contributed by atoms with Gasteiger partial charge in [0.1, 0.15) is 4.83 Å². The van der Waals surface area contributed by atoms with Crippen molar-refractivity contribution in [3.05, 3.63) is 158 Å². The Labute approximate surface area is 254 Å². The van der Waals surface area contributed by atoms with E-state index in [1.165, 1.54) is 43.5 Å². The van der Waals surface area contributed by atoms with Crippen LogP contribution in [0.2, 0.25) is 0 Å². The Bertz CT molecular complexity index is 2220. The third-order valence-electron chi connectivity index (χ3n) is 7.93. The molecule has 0 atom stereocenters. The topological polar surface area (TPSA) is 25.8 Å². The molecule has 0 bridgehead atoms. The van der Waals surface area contributed by atoms with E-state index in [2.05, 4.69) is 158 Å². The van der Waals surface area contributed by atoms with Crippen LogP contribution in [0.5, 0.6) is 0 Å². The van der Waals surface area contributed by atoms with Crippen molar-refractivity contribution in [2.24, 2.45) is 0 Å². The highest BCUT2D eigenvalue weighted by atomic mass is 32.1. The molecule has 0 spiro atoms. The number of aromatic nitrogens is 2. The molecule has 0 radical (unpaired) electrons. The van der Waals surface area contributed by atoms with E-state index >= 15 is 0 Å². The summed E-state index contributed by atoms with van der Waals surface area (Å²) < 4.78 is 1.22. The predicted octanol–water partition coefficient (Wildman–Crippen LogP) is 11.2. The molecule has 8 aromatic rings. The van der Waals surface area contributed by atoms with Crippen LogP contribution in [0.4, 0.5) is 0 Å². The van der Waals surface area contributed by atoms with Crippen LogP contribution in [-0.2, 0) is 0 Å². The second kappa shape index (κ2) is 10.8. The summed E-state index contributed by atoms with van der Waals surface area (Å²) in [6, 6.07) is 55.6. The van der Waals surface area contributed by atoms with E-state index in [9.17, 15) is 0 Å². The molecule has 6 aromatic carbocycles. The number of hydrogen-bond acceptors (Lipinski definition) is 3. The van der Waals surface area contributed by atoms with Gasteiger partial charge in [0.25, 0.3) is 0 Å². The lowest BCUT2D eigenvalue weighted by atomic mass is 9.98. The summed E-state index contributed by atoms with van der Waals surface area (Å²) in [6.45, 7) is 0. The van der Waals surface area contributed by atoms with Gasteiger partial charge in [0, 0.05) is 26.6 Å². The van der Waals surface area contributed by atoms with Crippen molar-refractivity contribution >= 4 is 31.6 Å². The molecule has 0 aliphatic heterocycles. The van der Waals surface area contributed by atoms with Gasteiger partial charge in [-0.2, -0.15) is 0 Å². The summed E-state index contributed by atoms with van der Waals surface area (Å²) in [7, 11) is 0. The smallest absolute Gasteiger partial charge is 0.161 e. The maximum Gasteiger partial charge on any atom is 0.161 e. The van der Waals surface area contributed by atoms with Crippen LogP contribution < -0.4 is 0 Å². The van der Waals surface area contributed by atoms with Crippen molar-refractivity contribution < 1.29 is 0 Å². The van der Waals surface area contributed by atoms with E-state index in [1.807, 2.05) is 0 Å². The Morgan fingerprint density at radius 3 is 1.51 bits per heavy atom. The van der Waals surface area contributed by atoms with Gasteiger partial charge in [-0.1, -0.05) is 140 Å². The zero-order valence-corrected chi connectivity index (χ0v) is 24.1. The number of benzene rings is 6. The summed E-state index contributed by atoms with van der Waals surface area (Å²) in [5.41, 5.74) is 10.2. The fourth-order valence-corrected chi connectivity index (χ4v) is 6.83. The number of rotatable bonds is 5. The molecule has 0 N–H and O–H groups in total. The van der Waals surface area contributed by atoms with Gasteiger partial charge in [-0.25, -0.2) is 9.97 Å². The molecule has 2 nitrogen and oxygen atoms in total. The van der Waals surface area contributed by atoms with Crippen LogP contribution in [0, 0.1) is 0 Å². The highest BCUT2D eigenvalue weighted by molar-refractivity contribution is 7.25. The van der Waals surface area contributed by atoms with E-state index < -0.39 is 0 Å². The van der Waals surface area contributed by atoms with Gasteiger partial charge in [0.05, 0.1) is 5.69 Å². The molecule has 0 saturated heterocycles. The number of thiophene rings is 1. The van der Waals surface area contributed by atoms with E-state index in [0.717, 1.165) is 32.9 Å². The minimum Gasteiger partial charge on any atom is -0.227 e. The molecule has 3 heteroatoms. The average Bonchev–Trinajstić information content (AvgIpc) is 3.47. The lowest BCUT2D eigenvalue weighted by molar-refractivity contribution is 1.24. The van der Waals surface area contributed by atoms with E-state index in [1.54, 1.807) is 11.3 Å². The summed E-state index contributed by atoms with van der Waals surface area (Å²) in [5, 5.41) is 2.31. The van der Waals surface area contributed by atoms with Gasteiger partial charge in [-0.15, -0.1) is 11.3 Å². The molecule has 0 fully saturated rings. The molecule has 0 amide bonds. The molecule has 2 aromatic heterocycles. The maximum absolute atomic E-state index is 5.25. The Morgan fingerprint density at radius 2 is 0.860 bits per heavy atom. The third kappa shape index (κ3) is 4.80. The molecule has 2 heterocycles. The van der Waals surface area contributed by atoms with Gasteiger partial charge >= 0.3 is 0 Å². The molecular formula is C40H26N2S.